The summed E-state index contributed by atoms with van der Waals surface area (Å²) in [5.41, 5.74) is 0.598. The summed E-state index contributed by atoms with van der Waals surface area (Å²) in [5.74, 6) is -0.290. The lowest BCUT2D eigenvalue weighted by Gasteiger charge is -2.12. The zero-order valence-corrected chi connectivity index (χ0v) is 14.1. The lowest BCUT2D eigenvalue weighted by Crippen LogP contribution is -2.12. The fourth-order valence-electron chi connectivity index (χ4n) is 2.47. The van der Waals surface area contributed by atoms with Gasteiger partial charge in [0.2, 0.25) is 0 Å². The van der Waals surface area contributed by atoms with Crippen molar-refractivity contribution in [3.05, 3.63) is 24.0 Å². The number of hydrogen-bond donors (Lipinski definition) is 0. The third-order valence-corrected chi connectivity index (χ3v) is 4.21. The molecule has 120 valence electrons. The van der Waals surface area contributed by atoms with Gasteiger partial charge in [-0.25, -0.2) is 4.79 Å². The fourth-order valence-corrected chi connectivity index (χ4v) is 2.72. The quantitative estimate of drug-likeness (QED) is 0.326. The molecule has 3 nitrogen and oxygen atoms in total. The molecule has 0 amide bonds. The van der Waals surface area contributed by atoms with E-state index in [4.69, 9.17) is 16.3 Å². The second-order valence-corrected chi connectivity index (χ2v) is 6.14. The van der Waals surface area contributed by atoms with Crippen molar-refractivity contribution >= 4 is 17.6 Å². The number of alkyl halides is 1. The molecule has 0 aromatic carbocycles. The Morgan fingerprint density at radius 3 is 2.67 bits per heavy atom. The van der Waals surface area contributed by atoms with Gasteiger partial charge in [-0.05, 0) is 25.0 Å². The van der Waals surface area contributed by atoms with Crippen molar-refractivity contribution in [1.29, 1.82) is 0 Å². The normalized spacial score (nSPS) is 12.3. The van der Waals surface area contributed by atoms with Crippen LogP contribution in [0, 0.1) is 0 Å². The van der Waals surface area contributed by atoms with Crippen molar-refractivity contribution in [1.82, 2.24) is 4.57 Å². The van der Waals surface area contributed by atoms with Crippen molar-refractivity contribution < 1.29 is 9.53 Å². The summed E-state index contributed by atoms with van der Waals surface area (Å²) in [6.45, 7) is 3.00. The highest BCUT2D eigenvalue weighted by Crippen LogP contribution is 2.16. The first-order valence-electron chi connectivity index (χ1n) is 8.06. The lowest BCUT2D eigenvalue weighted by molar-refractivity contribution is 0.0588. The molecule has 1 unspecified atom stereocenters. The predicted molar refractivity (Wildman–Crippen MR) is 88.0 cm³/mol. The zero-order valence-electron chi connectivity index (χ0n) is 13.3. The molecule has 0 bridgehead atoms. The molecule has 1 rings (SSSR count). The van der Waals surface area contributed by atoms with E-state index in [1.165, 1.54) is 45.6 Å². The summed E-state index contributed by atoms with van der Waals surface area (Å²) in [4.78, 5) is 11.6. The Balaban J connectivity index is 2.19. The molecule has 0 aliphatic carbocycles. The van der Waals surface area contributed by atoms with E-state index < -0.39 is 0 Å². The molecule has 0 spiro atoms. The lowest BCUT2D eigenvalue weighted by atomic mass is 10.1. The van der Waals surface area contributed by atoms with Crippen molar-refractivity contribution in [2.24, 2.45) is 0 Å². The van der Waals surface area contributed by atoms with Gasteiger partial charge in [0, 0.05) is 18.1 Å². The van der Waals surface area contributed by atoms with E-state index in [0.717, 1.165) is 19.4 Å². The van der Waals surface area contributed by atoms with Crippen molar-refractivity contribution in [3.8, 4) is 0 Å². The molecule has 0 radical (unpaired) electrons. The Morgan fingerprint density at radius 2 is 1.95 bits per heavy atom. The van der Waals surface area contributed by atoms with Crippen LogP contribution < -0.4 is 0 Å². The van der Waals surface area contributed by atoms with E-state index >= 15 is 0 Å². The molecule has 0 saturated heterocycles. The molecular formula is C17H28ClNO2. The smallest absolute Gasteiger partial charge is 0.354 e. The summed E-state index contributed by atoms with van der Waals surface area (Å²) in [7, 11) is 1.41. The largest absolute Gasteiger partial charge is 0.464 e. The number of unbranched alkanes of at least 4 members (excludes halogenated alkanes) is 5. The first-order valence-corrected chi connectivity index (χ1v) is 8.50. The van der Waals surface area contributed by atoms with Gasteiger partial charge in [0.15, 0.2) is 0 Å². The van der Waals surface area contributed by atoms with Crippen molar-refractivity contribution in [3.63, 3.8) is 0 Å². The van der Waals surface area contributed by atoms with Crippen LogP contribution in [0.1, 0.15) is 68.8 Å². The van der Waals surface area contributed by atoms with Crippen LogP contribution in [0.3, 0.4) is 0 Å². The number of aryl methyl sites for hydroxylation is 1. The van der Waals surface area contributed by atoms with Gasteiger partial charge < -0.3 is 9.30 Å². The SMILES string of the molecule is CCCCCCCCC(Cl)CCn1cccc1C(=O)OC. The Hall–Kier alpha value is -0.960. The van der Waals surface area contributed by atoms with Gasteiger partial charge in [0.25, 0.3) is 0 Å². The van der Waals surface area contributed by atoms with E-state index in [1.807, 2.05) is 16.8 Å². The van der Waals surface area contributed by atoms with E-state index in [0.29, 0.717) is 5.69 Å². The van der Waals surface area contributed by atoms with E-state index in [-0.39, 0.29) is 11.3 Å². The molecule has 1 heterocycles. The average Bonchev–Trinajstić information content (AvgIpc) is 2.96. The molecule has 0 saturated carbocycles. The number of nitrogens with zero attached hydrogens (tertiary/aromatic N) is 1. The molecule has 1 aromatic heterocycles. The molecule has 1 aromatic rings. The van der Waals surface area contributed by atoms with Crippen LogP contribution in [0.25, 0.3) is 0 Å². The maximum atomic E-state index is 11.6. The summed E-state index contributed by atoms with van der Waals surface area (Å²) in [6.07, 6.45) is 11.6. The highest BCUT2D eigenvalue weighted by Gasteiger charge is 2.12. The fraction of sp³-hybridized carbons (Fsp3) is 0.706. The van der Waals surface area contributed by atoms with Crippen LogP contribution in [0.2, 0.25) is 0 Å². The van der Waals surface area contributed by atoms with Gasteiger partial charge in [-0.3, -0.25) is 0 Å². The Labute approximate surface area is 133 Å². The van der Waals surface area contributed by atoms with Gasteiger partial charge in [0.1, 0.15) is 5.69 Å². The topological polar surface area (TPSA) is 31.2 Å². The molecule has 0 N–H and O–H groups in total. The highest BCUT2D eigenvalue weighted by atomic mass is 35.5. The van der Waals surface area contributed by atoms with Crippen LogP contribution in [-0.2, 0) is 11.3 Å². The second-order valence-electron chi connectivity index (χ2n) is 5.52. The number of rotatable bonds is 11. The first-order chi connectivity index (χ1) is 10.2. The minimum absolute atomic E-state index is 0.184. The van der Waals surface area contributed by atoms with Crippen LogP contribution in [0.5, 0.6) is 0 Å². The number of methoxy groups -OCH3 is 1. The van der Waals surface area contributed by atoms with Crippen molar-refractivity contribution in [2.45, 2.75) is 70.2 Å². The highest BCUT2D eigenvalue weighted by molar-refractivity contribution is 6.20. The Kier molecular flexibility index (Phi) is 9.24. The van der Waals surface area contributed by atoms with Crippen LogP contribution in [0.15, 0.2) is 18.3 Å². The van der Waals surface area contributed by atoms with Gasteiger partial charge in [-0.1, -0.05) is 45.4 Å². The zero-order chi connectivity index (χ0) is 15.5. The molecule has 0 aliphatic heterocycles. The number of aromatic nitrogens is 1. The number of halogens is 1. The minimum Gasteiger partial charge on any atom is -0.464 e. The minimum atomic E-state index is -0.290. The molecule has 0 fully saturated rings. The number of hydrogen-bond acceptors (Lipinski definition) is 2. The third-order valence-electron chi connectivity index (χ3n) is 3.78. The van der Waals surface area contributed by atoms with Crippen LogP contribution in [0.4, 0.5) is 0 Å². The molecule has 4 heteroatoms. The summed E-state index contributed by atoms with van der Waals surface area (Å²) < 4.78 is 6.68. The maximum absolute atomic E-state index is 11.6. The number of carbonyl (C=O) groups excluding carboxylic acids is 1. The Morgan fingerprint density at radius 1 is 1.24 bits per heavy atom. The monoisotopic (exact) mass is 313 g/mol. The predicted octanol–water partition coefficient (Wildman–Crippen LogP) is 5.02. The summed E-state index contributed by atoms with van der Waals surface area (Å²) in [6, 6.07) is 3.64. The number of ether oxygens (including phenoxy) is 1. The standard InChI is InChI=1S/C17H28ClNO2/c1-3-4-5-6-7-8-10-15(18)12-14-19-13-9-11-16(19)17(20)21-2/h9,11,13,15H,3-8,10,12,14H2,1-2H3. The van der Waals surface area contributed by atoms with Gasteiger partial charge >= 0.3 is 5.97 Å². The number of esters is 1. The van der Waals surface area contributed by atoms with E-state index in [9.17, 15) is 4.79 Å². The van der Waals surface area contributed by atoms with Crippen LogP contribution >= 0.6 is 11.6 Å². The maximum Gasteiger partial charge on any atom is 0.354 e. The van der Waals surface area contributed by atoms with E-state index in [2.05, 4.69) is 6.92 Å². The van der Waals surface area contributed by atoms with Crippen molar-refractivity contribution in [2.75, 3.05) is 7.11 Å². The molecule has 0 aliphatic rings. The number of carbonyl (C=O) groups is 1. The van der Waals surface area contributed by atoms with E-state index in [1.54, 1.807) is 6.07 Å². The van der Waals surface area contributed by atoms with Gasteiger partial charge in [-0.2, -0.15) is 0 Å². The van der Waals surface area contributed by atoms with Crippen LogP contribution in [-0.4, -0.2) is 23.0 Å². The van der Waals surface area contributed by atoms with Gasteiger partial charge in [-0.15, -0.1) is 11.6 Å². The molecular weight excluding hydrogens is 286 g/mol. The Bertz CT molecular complexity index is 403. The first kappa shape index (κ1) is 18.1. The average molecular weight is 314 g/mol. The summed E-state index contributed by atoms with van der Waals surface area (Å²) >= 11 is 6.37. The molecule has 1 atom stereocenters. The third kappa shape index (κ3) is 7.03. The molecule has 21 heavy (non-hydrogen) atoms. The van der Waals surface area contributed by atoms with Gasteiger partial charge in [0.05, 0.1) is 7.11 Å². The second kappa shape index (κ2) is 10.7. The summed E-state index contributed by atoms with van der Waals surface area (Å²) in [5, 5.41) is 0.184.